The van der Waals surface area contributed by atoms with E-state index in [4.69, 9.17) is 4.74 Å². The fourth-order valence-corrected chi connectivity index (χ4v) is 3.38. The van der Waals surface area contributed by atoms with E-state index in [1.807, 2.05) is 19.9 Å². The maximum Gasteiger partial charge on any atom is 0.192 e. The molecule has 0 radical (unpaired) electrons. The topological polar surface area (TPSA) is 58.5 Å². The minimum atomic E-state index is -0.372. The highest BCUT2D eigenvalue weighted by atomic mass is 32.1. The molecule has 1 atom stereocenters. The summed E-state index contributed by atoms with van der Waals surface area (Å²) in [5.41, 5.74) is 1.94. The van der Waals surface area contributed by atoms with Crippen molar-refractivity contribution in [1.29, 1.82) is 0 Å². The molecular weight excluding hydrogens is 363 g/mol. The lowest BCUT2D eigenvalue weighted by molar-refractivity contribution is 0.386. The minimum Gasteiger partial charge on any atom is -0.494 e. The molecule has 0 aliphatic rings. The van der Waals surface area contributed by atoms with Crippen LogP contribution in [0.15, 0.2) is 28.6 Å². The van der Waals surface area contributed by atoms with Crippen molar-refractivity contribution >= 4 is 17.3 Å². The van der Waals surface area contributed by atoms with Gasteiger partial charge in [0.15, 0.2) is 17.5 Å². The molecule has 0 spiro atoms. The number of guanidine groups is 1. The van der Waals surface area contributed by atoms with Crippen LogP contribution in [0.4, 0.5) is 4.39 Å². The molecule has 0 saturated carbocycles. The van der Waals surface area contributed by atoms with Crippen molar-refractivity contribution in [1.82, 2.24) is 15.6 Å². The van der Waals surface area contributed by atoms with Gasteiger partial charge in [-0.1, -0.05) is 26.8 Å². The van der Waals surface area contributed by atoms with Gasteiger partial charge in [-0.15, -0.1) is 11.3 Å². The van der Waals surface area contributed by atoms with Gasteiger partial charge in [-0.3, -0.25) is 0 Å². The first-order valence-corrected chi connectivity index (χ1v) is 9.95. The maximum absolute atomic E-state index is 14.0. The van der Waals surface area contributed by atoms with Gasteiger partial charge in [-0.25, -0.2) is 14.4 Å². The average molecular weight is 393 g/mol. The predicted octanol–water partition coefficient (Wildman–Crippen LogP) is 4.40. The monoisotopic (exact) mass is 392 g/mol. The average Bonchev–Trinajstić information content (AvgIpc) is 3.09. The number of rotatable bonds is 6. The summed E-state index contributed by atoms with van der Waals surface area (Å²) in [5.74, 6) is 0.543. The van der Waals surface area contributed by atoms with E-state index in [9.17, 15) is 4.39 Å². The molecule has 1 unspecified atom stereocenters. The number of halogens is 1. The zero-order chi connectivity index (χ0) is 20.0. The number of methoxy groups -OCH3 is 1. The Kier molecular flexibility index (Phi) is 7.18. The standard InChI is InChI=1S/C20H29FN4OS/c1-7-22-19(23-11-18-25-17(12-27-18)20(3,4)5)24-13(2)14-8-9-16(26-6)15(21)10-14/h8-10,12-13H,7,11H2,1-6H3,(H2,22,23,24). The number of aromatic nitrogens is 1. The summed E-state index contributed by atoms with van der Waals surface area (Å²) in [6.45, 7) is 11.7. The first-order chi connectivity index (χ1) is 12.7. The fraction of sp³-hybridized carbons (Fsp3) is 0.500. The van der Waals surface area contributed by atoms with Crippen LogP contribution in [0.25, 0.3) is 0 Å². The molecule has 5 nitrogen and oxygen atoms in total. The van der Waals surface area contributed by atoms with Crippen molar-refractivity contribution in [3.8, 4) is 5.75 Å². The first-order valence-electron chi connectivity index (χ1n) is 9.07. The summed E-state index contributed by atoms with van der Waals surface area (Å²) in [5, 5.41) is 9.60. The van der Waals surface area contributed by atoms with Gasteiger partial charge in [-0.2, -0.15) is 0 Å². The highest BCUT2D eigenvalue weighted by Crippen LogP contribution is 2.24. The van der Waals surface area contributed by atoms with Gasteiger partial charge < -0.3 is 15.4 Å². The lowest BCUT2D eigenvalue weighted by atomic mass is 9.93. The van der Waals surface area contributed by atoms with Crippen LogP contribution in [-0.4, -0.2) is 24.6 Å². The largest absolute Gasteiger partial charge is 0.494 e. The number of aliphatic imine (C=N–C) groups is 1. The van der Waals surface area contributed by atoms with Crippen LogP contribution >= 0.6 is 11.3 Å². The summed E-state index contributed by atoms with van der Waals surface area (Å²) in [6.07, 6.45) is 0. The van der Waals surface area contributed by atoms with E-state index in [0.29, 0.717) is 12.5 Å². The Hall–Kier alpha value is -2.15. The maximum atomic E-state index is 14.0. The molecule has 0 amide bonds. The lowest BCUT2D eigenvalue weighted by Gasteiger charge is -2.18. The van der Waals surface area contributed by atoms with Gasteiger partial charge in [0.2, 0.25) is 0 Å². The van der Waals surface area contributed by atoms with E-state index in [0.717, 1.165) is 22.8 Å². The van der Waals surface area contributed by atoms with E-state index in [1.165, 1.54) is 13.2 Å². The van der Waals surface area contributed by atoms with Crippen molar-refractivity contribution in [3.05, 3.63) is 45.7 Å². The third kappa shape index (κ3) is 5.92. The van der Waals surface area contributed by atoms with Gasteiger partial charge in [0.25, 0.3) is 0 Å². The Labute approximate surface area is 165 Å². The molecule has 0 aliphatic heterocycles. The van der Waals surface area contributed by atoms with Crippen molar-refractivity contribution in [2.24, 2.45) is 4.99 Å². The highest BCUT2D eigenvalue weighted by Gasteiger charge is 2.17. The van der Waals surface area contributed by atoms with Crippen LogP contribution in [0, 0.1) is 5.82 Å². The van der Waals surface area contributed by atoms with Gasteiger partial charge in [0.1, 0.15) is 5.01 Å². The predicted molar refractivity (Wildman–Crippen MR) is 110 cm³/mol. The Morgan fingerprint density at radius 2 is 2.11 bits per heavy atom. The van der Waals surface area contributed by atoms with Crippen molar-refractivity contribution < 1.29 is 9.13 Å². The van der Waals surface area contributed by atoms with E-state index in [1.54, 1.807) is 17.4 Å². The summed E-state index contributed by atoms with van der Waals surface area (Å²) in [6, 6.07) is 4.86. The van der Waals surface area contributed by atoms with E-state index in [-0.39, 0.29) is 23.0 Å². The molecule has 27 heavy (non-hydrogen) atoms. The van der Waals surface area contributed by atoms with Crippen molar-refractivity contribution in [2.75, 3.05) is 13.7 Å². The van der Waals surface area contributed by atoms with E-state index >= 15 is 0 Å². The molecular formula is C20H29FN4OS. The fourth-order valence-electron chi connectivity index (χ4n) is 2.44. The van der Waals surface area contributed by atoms with Gasteiger partial charge >= 0.3 is 0 Å². The van der Waals surface area contributed by atoms with Crippen LogP contribution in [-0.2, 0) is 12.0 Å². The van der Waals surface area contributed by atoms with Gasteiger partial charge in [-0.05, 0) is 31.5 Å². The second-order valence-electron chi connectivity index (χ2n) is 7.33. The Bertz CT molecular complexity index is 783. The van der Waals surface area contributed by atoms with Gasteiger partial charge in [0.05, 0.1) is 25.4 Å². The number of ether oxygens (including phenoxy) is 1. The van der Waals surface area contributed by atoms with Crippen LogP contribution in [0.1, 0.15) is 56.9 Å². The molecule has 0 bridgehead atoms. The molecule has 0 saturated heterocycles. The first kappa shape index (κ1) is 21.2. The zero-order valence-electron chi connectivity index (χ0n) is 16.9. The number of benzene rings is 1. The second kappa shape index (κ2) is 9.17. The Morgan fingerprint density at radius 1 is 1.37 bits per heavy atom. The quantitative estimate of drug-likeness (QED) is 0.565. The lowest BCUT2D eigenvalue weighted by Crippen LogP contribution is -2.38. The SMILES string of the molecule is CCNC(=NCc1nc(C(C)(C)C)cs1)NC(C)c1ccc(OC)c(F)c1. The zero-order valence-corrected chi connectivity index (χ0v) is 17.7. The Morgan fingerprint density at radius 3 is 2.67 bits per heavy atom. The van der Waals surface area contributed by atoms with Gasteiger partial charge in [0, 0.05) is 17.3 Å². The summed E-state index contributed by atoms with van der Waals surface area (Å²) >= 11 is 1.62. The molecule has 0 fully saturated rings. The van der Waals surface area contributed by atoms with Crippen molar-refractivity contribution in [2.45, 2.75) is 52.6 Å². The van der Waals surface area contributed by atoms with Crippen LogP contribution in [0.3, 0.4) is 0 Å². The second-order valence-corrected chi connectivity index (χ2v) is 8.27. The molecule has 2 aromatic rings. The number of thiazole rings is 1. The number of hydrogen-bond donors (Lipinski definition) is 2. The highest BCUT2D eigenvalue weighted by molar-refractivity contribution is 7.09. The number of nitrogens with zero attached hydrogens (tertiary/aromatic N) is 2. The molecule has 0 aliphatic carbocycles. The van der Waals surface area contributed by atoms with Crippen LogP contribution in [0.2, 0.25) is 0 Å². The number of nitrogens with one attached hydrogen (secondary N) is 2. The molecule has 1 aromatic carbocycles. The number of hydrogen-bond acceptors (Lipinski definition) is 4. The third-order valence-electron chi connectivity index (χ3n) is 4.07. The molecule has 2 N–H and O–H groups in total. The molecule has 1 aromatic heterocycles. The summed E-state index contributed by atoms with van der Waals surface area (Å²) < 4.78 is 18.9. The summed E-state index contributed by atoms with van der Waals surface area (Å²) in [7, 11) is 1.46. The third-order valence-corrected chi connectivity index (χ3v) is 4.90. The minimum absolute atomic E-state index is 0.0359. The molecule has 1 heterocycles. The normalized spacial score (nSPS) is 13.4. The van der Waals surface area contributed by atoms with E-state index < -0.39 is 0 Å². The van der Waals surface area contributed by atoms with E-state index in [2.05, 4.69) is 46.8 Å². The molecule has 2 rings (SSSR count). The smallest absolute Gasteiger partial charge is 0.192 e. The molecule has 7 heteroatoms. The van der Waals surface area contributed by atoms with Crippen LogP contribution in [0.5, 0.6) is 5.75 Å². The van der Waals surface area contributed by atoms with Crippen LogP contribution < -0.4 is 15.4 Å². The molecule has 148 valence electrons. The Balaban J connectivity index is 2.08. The van der Waals surface area contributed by atoms with Crippen molar-refractivity contribution in [3.63, 3.8) is 0 Å². The summed E-state index contributed by atoms with van der Waals surface area (Å²) in [4.78, 5) is 9.30.